The summed E-state index contributed by atoms with van der Waals surface area (Å²) in [5.41, 5.74) is 7.22. The molecule has 9 nitrogen and oxygen atoms in total. The first-order chi connectivity index (χ1) is 12.7. The van der Waals surface area contributed by atoms with Crippen LogP contribution in [0.25, 0.3) is 11.4 Å². The first-order valence-electron chi connectivity index (χ1n) is 8.71. The maximum absolute atomic E-state index is 12.4. The van der Waals surface area contributed by atoms with Gasteiger partial charge >= 0.3 is 0 Å². The number of anilines is 1. The summed E-state index contributed by atoms with van der Waals surface area (Å²) in [6.45, 7) is 3.26. The topological polar surface area (TPSA) is 131 Å². The number of sulfonamides is 1. The molecule has 10 heteroatoms. The van der Waals surface area contributed by atoms with E-state index in [-0.39, 0.29) is 5.91 Å². The van der Waals surface area contributed by atoms with Gasteiger partial charge in [-0.2, -0.15) is 4.98 Å². The average molecular weight is 393 g/mol. The van der Waals surface area contributed by atoms with Crippen LogP contribution in [-0.2, 0) is 14.8 Å². The average Bonchev–Trinajstić information content (AvgIpc) is 3.31. The van der Waals surface area contributed by atoms with Gasteiger partial charge in [-0.1, -0.05) is 12.1 Å². The summed E-state index contributed by atoms with van der Waals surface area (Å²) in [6.07, 6.45) is 3.09. The number of hydrogen-bond acceptors (Lipinski definition) is 7. The highest BCUT2D eigenvalue weighted by Gasteiger charge is 2.31. The van der Waals surface area contributed by atoms with Crippen LogP contribution in [0.4, 0.5) is 5.69 Å². The lowest BCUT2D eigenvalue weighted by Gasteiger charge is -2.22. The van der Waals surface area contributed by atoms with E-state index < -0.39 is 22.0 Å². The lowest BCUT2D eigenvalue weighted by atomic mass is 10.0. The molecule has 2 atom stereocenters. The molecule has 1 aliphatic rings. The number of nitrogens with zero attached hydrogens (tertiary/aromatic N) is 3. The molecule has 1 aromatic carbocycles. The summed E-state index contributed by atoms with van der Waals surface area (Å²) in [7, 11) is -3.34. The molecular weight excluding hydrogens is 370 g/mol. The second kappa shape index (κ2) is 7.65. The highest BCUT2D eigenvalue weighted by molar-refractivity contribution is 7.92. The molecule has 1 amide bonds. The summed E-state index contributed by atoms with van der Waals surface area (Å²) in [5, 5.41) is 3.95. The highest BCUT2D eigenvalue weighted by Crippen LogP contribution is 2.24. The van der Waals surface area contributed by atoms with Gasteiger partial charge < -0.3 is 15.2 Å². The molecule has 0 unspecified atom stereocenters. The largest absolute Gasteiger partial charge is 0.341 e. The molecule has 1 aromatic heterocycles. The summed E-state index contributed by atoms with van der Waals surface area (Å²) in [6, 6.07) is 5.85. The van der Waals surface area contributed by atoms with Crippen molar-refractivity contribution < 1.29 is 17.7 Å². The molecule has 1 aliphatic heterocycles. The van der Waals surface area contributed by atoms with Gasteiger partial charge in [0.1, 0.15) is 0 Å². The van der Waals surface area contributed by atoms with Gasteiger partial charge in [-0.15, -0.1) is 0 Å². The molecule has 0 spiro atoms. The smallest absolute Gasteiger partial charge is 0.240 e. The summed E-state index contributed by atoms with van der Waals surface area (Å²) >= 11 is 0. The first kappa shape index (κ1) is 19.3. The van der Waals surface area contributed by atoms with E-state index in [1.165, 1.54) is 0 Å². The Balaban J connectivity index is 1.71. The third kappa shape index (κ3) is 4.64. The minimum atomic E-state index is -3.34. The van der Waals surface area contributed by atoms with Crippen LogP contribution >= 0.6 is 0 Å². The summed E-state index contributed by atoms with van der Waals surface area (Å²) in [5.74, 6) is 0.133. The minimum absolute atomic E-state index is 0.101. The second-order valence-electron chi connectivity index (χ2n) is 6.75. The molecule has 0 radical (unpaired) electrons. The van der Waals surface area contributed by atoms with Gasteiger partial charge in [0.05, 0.1) is 18.2 Å². The van der Waals surface area contributed by atoms with Crippen molar-refractivity contribution >= 4 is 21.6 Å². The van der Waals surface area contributed by atoms with Crippen molar-refractivity contribution in [3.8, 4) is 11.4 Å². The normalized spacial score (nSPS) is 16.9. The Bertz CT molecular complexity index is 904. The van der Waals surface area contributed by atoms with Gasteiger partial charge in [-0.05, 0) is 37.1 Å². The molecule has 0 saturated carbocycles. The van der Waals surface area contributed by atoms with E-state index in [0.29, 0.717) is 23.0 Å². The highest BCUT2D eigenvalue weighted by atomic mass is 32.2. The van der Waals surface area contributed by atoms with Crippen LogP contribution in [-0.4, -0.2) is 54.8 Å². The van der Waals surface area contributed by atoms with Crippen LogP contribution in [0.5, 0.6) is 0 Å². The van der Waals surface area contributed by atoms with E-state index in [0.717, 1.165) is 32.2 Å². The number of aromatic nitrogens is 2. The van der Waals surface area contributed by atoms with E-state index in [2.05, 4.69) is 14.9 Å². The predicted molar refractivity (Wildman–Crippen MR) is 100 cm³/mol. The van der Waals surface area contributed by atoms with Crippen molar-refractivity contribution in [2.75, 3.05) is 24.1 Å². The van der Waals surface area contributed by atoms with Crippen molar-refractivity contribution in [3.63, 3.8) is 0 Å². The Kier molecular flexibility index (Phi) is 5.47. The molecule has 2 heterocycles. The second-order valence-corrected chi connectivity index (χ2v) is 8.50. The Morgan fingerprint density at radius 2 is 1.89 bits per heavy atom. The fourth-order valence-electron chi connectivity index (χ4n) is 2.95. The first-order valence-corrected chi connectivity index (χ1v) is 10.6. The molecule has 3 rings (SSSR count). The van der Waals surface area contributed by atoms with Gasteiger partial charge in [0.2, 0.25) is 27.6 Å². The van der Waals surface area contributed by atoms with Crippen LogP contribution in [0.1, 0.15) is 31.6 Å². The lowest BCUT2D eigenvalue weighted by Crippen LogP contribution is -2.45. The number of amides is 1. The molecule has 2 aromatic rings. The zero-order chi connectivity index (χ0) is 19.6. The molecule has 0 aliphatic carbocycles. The van der Waals surface area contributed by atoms with E-state index in [9.17, 15) is 13.2 Å². The Morgan fingerprint density at radius 3 is 2.48 bits per heavy atom. The molecular formula is C17H23N5O4S. The molecule has 1 fully saturated rings. The Hall–Kier alpha value is -2.46. The zero-order valence-electron chi connectivity index (χ0n) is 15.3. The third-order valence-corrected chi connectivity index (χ3v) is 5.13. The van der Waals surface area contributed by atoms with E-state index in [4.69, 9.17) is 10.3 Å². The number of carbonyl (C=O) groups is 1. The van der Waals surface area contributed by atoms with Gasteiger partial charge in [-0.25, -0.2) is 8.42 Å². The number of carbonyl (C=O) groups excluding carboxylic acids is 1. The quantitative estimate of drug-likeness (QED) is 0.753. The monoisotopic (exact) mass is 393 g/mol. The maximum atomic E-state index is 12.4. The van der Waals surface area contributed by atoms with Gasteiger partial charge in [0.25, 0.3) is 0 Å². The van der Waals surface area contributed by atoms with Crippen molar-refractivity contribution in [1.29, 1.82) is 0 Å². The van der Waals surface area contributed by atoms with Crippen LogP contribution in [0.2, 0.25) is 0 Å². The molecule has 27 heavy (non-hydrogen) atoms. The number of hydrogen-bond donors (Lipinski definition) is 2. The van der Waals surface area contributed by atoms with E-state index >= 15 is 0 Å². The van der Waals surface area contributed by atoms with E-state index in [1.54, 1.807) is 36.1 Å². The zero-order valence-corrected chi connectivity index (χ0v) is 16.1. The number of likely N-dealkylation sites (tertiary alicyclic amines) is 1. The van der Waals surface area contributed by atoms with Gasteiger partial charge in [0, 0.05) is 24.3 Å². The molecule has 0 bridgehead atoms. The van der Waals surface area contributed by atoms with Gasteiger partial charge in [-0.3, -0.25) is 9.52 Å². The van der Waals surface area contributed by atoms with Crippen molar-refractivity contribution in [1.82, 2.24) is 15.0 Å². The Labute approximate surface area is 158 Å². The number of benzene rings is 1. The maximum Gasteiger partial charge on any atom is 0.240 e. The van der Waals surface area contributed by atoms with Crippen LogP contribution in [0, 0.1) is 0 Å². The standard InChI is InChI=1S/C17H23N5O4S/c1-11(14(18)17(23)22-9-3-4-10-22)16-19-15(20-26-16)12-5-7-13(8-6-12)21-27(2,24)25/h5-8,11,14,21H,3-4,9-10,18H2,1-2H3/t11-,14-/m0/s1. The van der Waals surface area contributed by atoms with Crippen molar-refractivity contribution in [2.45, 2.75) is 31.7 Å². The number of nitrogens with one attached hydrogen (secondary N) is 1. The molecule has 146 valence electrons. The minimum Gasteiger partial charge on any atom is -0.341 e. The predicted octanol–water partition coefficient (Wildman–Crippen LogP) is 1.16. The van der Waals surface area contributed by atoms with Crippen LogP contribution in [0.15, 0.2) is 28.8 Å². The molecule has 1 saturated heterocycles. The number of nitrogens with two attached hydrogens (primary N) is 1. The molecule has 3 N–H and O–H groups in total. The fourth-order valence-corrected chi connectivity index (χ4v) is 3.52. The lowest BCUT2D eigenvalue weighted by molar-refractivity contribution is -0.132. The fraction of sp³-hybridized carbons (Fsp3) is 0.471. The summed E-state index contributed by atoms with van der Waals surface area (Å²) < 4.78 is 30.2. The van der Waals surface area contributed by atoms with Crippen molar-refractivity contribution in [2.24, 2.45) is 5.73 Å². The summed E-state index contributed by atoms with van der Waals surface area (Å²) in [4.78, 5) is 18.6. The van der Waals surface area contributed by atoms with Crippen LogP contribution < -0.4 is 10.5 Å². The van der Waals surface area contributed by atoms with E-state index in [1.807, 2.05) is 0 Å². The van der Waals surface area contributed by atoms with Gasteiger partial charge in [0.15, 0.2) is 0 Å². The number of rotatable bonds is 6. The van der Waals surface area contributed by atoms with Crippen LogP contribution in [0.3, 0.4) is 0 Å². The van der Waals surface area contributed by atoms with Crippen molar-refractivity contribution in [3.05, 3.63) is 30.2 Å². The Morgan fingerprint density at radius 1 is 1.26 bits per heavy atom. The SMILES string of the molecule is C[C@H](c1nc(-c2ccc(NS(C)(=O)=O)cc2)no1)[C@H](N)C(=O)N1CCCC1. The third-order valence-electron chi connectivity index (χ3n) is 4.52.